The standard InChI is InChI=1S/C34H44O6Si2/c1-9-41(10-2,11-3)29-19-15-27(16-20-29)32(35)38-37-31-25-26(7)23-24-34(31,8)40-39-33(36)28-17-21-30(22-18-28)42(12-4,13-5)14-6/h9-10,12-13,15-22,26,31H,1-2,4-5,11,14,23-25H2,3,6-8H3. The largest absolute Gasteiger partial charge is 0.373 e. The molecule has 224 valence electrons. The molecular weight excluding hydrogens is 561 g/mol. The summed E-state index contributed by atoms with van der Waals surface area (Å²) in [6.07, 6.45) is 1.36. The molecule has 0 radical (unpaired) electrons. The van der Waals surface area contributed by atoms with E-state index in [2.05, 4.69) is 47.1 Å². The van der Waals surface area contributed by atoms with Crippen molar-refractivity contribution in [2.45, 2.75) is 70.8 Å². The Morgan fingerprint density at radius 1 is 0.810 bits per heavy atom. The summed E-state index contributed by atoms with van der Waals surface area (Å²) in [7, 11) is -4.01. The molecule has 1 fully saturated rings. The quantitative estimate of drug-likeness (QED) is 0.135. The molecule has 0 heterocycles. The molecule has 8 heteroatoms. The molecule has 1 saturated carbocycles. The van der Waals surface area contributed by atoms with E-state index in [4.69, 9.17) is 19.6 Å². The Morgan fingerprint density at radius 3 is 1.64 bits per heavy atom. The number of carbonyl (C=O) groups excluding carboxylic acids is 2. The molecule has 1 aliphatic rings. The van der Waals surface area contributed by atoms with Crippen LogP contribution in [0.15, 0.2) is 97.6 Å². The molecule has 2 aromatic rings. The number of rotatable bonds is 14. The monoisotopic (exact) mass is 604 g/mol. The van der Waals surface area contributed by atoms with Gasteiger partial charge in [-0.25, -0.2) is 9.59 Å². The minimum atomic E-state index is -2.00. The lowest BCUT2D eigenvalue weighted by molar-refractivity contribution is -0.388. The summed E-state index contributed by atoms with van der Waals surface area (Å²) >= 11 is 0. The van der Waals surface area contributed by atoms with Crippen molar-refractivity contribution in [1.29, 1.82) is 0 Å². The van der Waals surface area contributed by atoms with E-state index < -0.39 is 39.8 Å². The van der Waals surface area contributed by atoms with Gasteiger partial charge in [0.05, 0.1) is 11.1 Å². The summed E-state index contributed by atoms with van der Waals surface area (Å²) in [5, 5.41) is 2.25. The smallest absolute Gasteiger partial charge is 0.292 e. The van der Waals surface area contributed by atoms with E-state index in [0.717, 1.165) is 28.9 Å². The van der Waals surface area contributed by atoms with Crippen molar-refractivity contribution in [3.8, 4) is 0 Å². The fraction of sp³-hybridized carbons (Fsp3) is 0.353. The van der Waals surface area contributed by atoms with Gasteiger partial charge < -0.3 is 0 Å². The topological polar surface area (TPSA) is 71.1 Å². The summed E-state index contributed by atoms with van der Waals surface area (Å²) in [5.74, 6) is -0.898. The van der Waals surface area contributed by atoms with Crippen LogP contribution in [-0.2, 0) is 19.6 Å². The van der Waals surface area contributed by atoms with E-state index >= 15 is 0 Å². The van der Waals surface area contributed by atoms with Crippen LogP contribution in [0.2, 0.25) is 12.1 Å². The molecule has 0 amide bonds. The van der Waals surface area contributed by atoms with Gasteiger partial charge in [-0.2, -0.15) is 9.78 Å². The molecule has 0 aromatic heterocycles. The van der Waals surface area contributed by atoms with Crippen LogP contribution in [0.25, 0.3) is 0 Å². The lowest BCUT2D eigenvalue weighted by atomic mass is 9.78. The first kappa shape index (κ1) is 33.2. The van der Waals surface area contributed by atoms with Crippen LogP contribution in [0.4, 0.5) is 0 Å². The SMILES string of the molecule is C=C[Si](C=C)(CC)c1ccc(C(=O)OOC2CC(C)CCC2(C)OOC(=O)c2ccc([Si](C=C)(C=C)CC)cc2)cc1. The van der Waals surface area contributed by atoms with Gasteiger partial charge in [0.2, 0.25) is 0 Å². The Kier molecular flexibility index (Phi) is 11.3. The zero-order valence-corrected chi connectivity index (χ0v) is 27.4. The van der Waals surface area contributed by atoms with E-state index in [0.29, 0.717) is 29.9 Å². The molecule has 3 unspecified atom stereocenters. The van der Waals surface area contributed by atoms with Crippen LogP contribution in [0, 0.1) is 5.92 Å². The number of hydrogen-bond acceptors (Lipinski definition) is 6. The molecule has 0 spiro atoms. The molecule has 42 heavy (non-hydrogen) atoms. The van der Waals surface area contributed by atoms with E-state index in [1.165, 1.54) is 0 Å². The third kappa shape index (κ3) is 7.00. The first-order chi connectivity index (χ1) is 20.1. The molecule has 3 atom stereocenters. The van der Waals surface area contributed by atoms with Gasteiger partial charge in [0.1, 0.15) is 27.9 Å². The molecule has 0 saturated heterocycles. The zero-order valence-electron chi connectivity index (χ0n) is 25.4. The molecule has 1 aliphatic carbocycles. The number of benzene rings is 2. The van der Waals surface area contributed by atoms with Crippen molar-refractivity contribution < 1.29 is 29.1 Å². The van der Waals surface area contributed by atoms with Gasteiger partial charge in [-0.3, -0.25) is 9.78 Å². The Labute approximate surface area is 252 Å². The maximum Gasteiger partial charge on any atom is 0.373 e. The first-order valence-corrected chi connectivity index (χ1v) is 19.3. The number of carbonyl (C=O) groups is 2. The highest BCUT2D eigenvalue weighted by atomic mass is 28.3. The normalized spacial score (nSPS) is 20.7. The van der Waals surface area contributed by atoms with Crippen LogP contribution in [0.1, 0.15) is 67.7 Å². The summed E-state index contributed by atoms with van der Waals surface area (Å²) in [6, 6.07) is 16.5. The van der Waals surface area contributed by atoms with Gasteiger partial charge in [-0.15, -0.1) is 26.3 Å². The highest BCUT2D eigenvalue weighted by Crippen LogP contribution is 2.37. The highest BCUT2D eigenvalue weighted by Gasteiger charge is 2.45. The fourth-order valence-corrected chi connectivity index (χ4v) is 10.3. The van der Waals surface area contributed by atoms with Crippen LogP contribution < -0.4 is 10.4 Å². The van der Waals surface area contributed by atoms with Crippen LogP contribution in [0.3, 0.4) is 0 Å². The third-order valence-corrected chi connectivity index (χ3v) is 17.0. The van der Waals surface area contributed by atoms with Crippen molar-refractivity contribution in [3.05, 3.63) is 109 Å². The second-order valence-corrected chi connectivity index (χ2v) is 19.7. The Bertz CT molecular complexity index is 1270. The number of hydrogen-bond donors (Lipinski definition) is 0. The minimum Gasteiger partial charge on any atom is -0.292 e. The molecule has 3 rings (SSSR count). The lowest BCUT2D eigenvalue weighted by Gasteiger charge is -2.39. The van der Waals surface area contributed by atoms with Gasteiger partial charge in [-0.05, 0) is 68.5 Å². The van der Waals surface area contributed by atoms with Gasteiger partial charge >= 0.3 is 11.9 Å². The van der Waals surface area contributed by atoms with Crippen molar-refractivity contribution in [2.75, 3.05) is 0 Å². The average Bonchev–Trinajstić information content (AvgIpc) is 3.03. The van der Waals surface area contributed by atoms with E-state index in [1.807, 2.05) is 47.1 Å². The molecule has 0 N–H and O–H groups in total. The van der Waals surface area contributed by atoms with E-state index in [1.54, 1.807) is 31.2 Å². The molecule has 2 aromatic carbocycles. The predicted octanol–water partition coefficient (Wildman–Crippen LogP) is 6.76. The minimum absolute atomic E-state index is 0.315. The zero-order chi connectivity index (χ0) is 31.0. The molecule has 0 bridgehead atoms. The molecule has 6 nitrogen and oxygen atoms in total. The molecular formula is C34H44O6Si2. The fourth-order valence-electron chi connectivity index (χ4n) is 5.45. The van der Waals surface area contributed by atoms with Gasteiger partial charge in [0, 0.05) is 0 Å². The van der Waals surface area contributed by atoms with Gasteiger partial charge in [-0.1, -0.05) is 78.2 Å². The summed E-state index contributed by atoms with van der Waals surface area (Å²) in [6.45, 7) is 24.2. The lowest BCUT2D eigenvalue weighted by Crippen LogP contribution is -2.48. The maximum absolute atomic E-state index is 12.9. The van der Waals surface area contributed by atoms with Crippen molar-refractivity contribution in [1.82, 2.24) is 0 Å². The predicted molar refractivity (Wildman–Crippen MR) is 174 cm³/mol. The van der Waals surface area contributed by atoms with Gasteiger partial charge in [0.15, 0.2) is 0 Å². The van der Waals surface area contributed by atoms with Crippen LogP contribution in [-0.4, -0.2) is 39.8 Å². The summed E-state index contributed by atoms with van der Waals surface area (Å²) in [5.41, 5.74) is 7.72. The first-order valence-electron chi connectivity index (χ1n) is 14.6. The van der Waals surface area contributed by atoms with Crippen LogP contribution >= 0.6 is 0 Å². The summed E-state index contributed by atoms with van der Waals surface area (Å²) < 4.78 is 0. The Hall–Kier alpha value is -3.31. The molecule has 0 aliphatic heterocycles. The third-order valence-electron chi connectivity index (χ3n) is 8.92. The summed E-state index contributed by atoms with van der Waals surface area (Å²) in [4.78, 5) is 47.7. The van der Waals surface area contributed by atoms with Crippen molar-refractivity contribution in [3.63, 3.8) is 0 Å². The Morgan fingerprint density at radius 2 is 1.24 bits per heavy atom. The van der Waals surface area contributed by atoms with Crippen molar-refractivity contribution in [2.24, 2.45) is 5.92 Å². The Balaban J connectivity index is 1.66. The van der Waals surface area contributed by atoms with Crippen LogP contribution in [0.5, 0.6) is 0 Å². The van der Waals surface area contributed by atoms with E-state index in [9.17, 15) is 9.59 Å². The average molecular weight is 605 g/mol. The maximum atomic E-state index is 12.9. The highest BCUT2D eigenvalue weighted by molar-refractivity contribution is 7.00. The van der Waals surface area contributed by atoms with E-state index in [-0.39, 0.29) is 0 Å². The van der Waals surface area contributed by atoms with Crippen molar-refractivity contribution >= 4 is 38.5 Å². The second-order valence-electron chi connectivity index (χ2n) is 11.4. The van der Waals surface area contributed by atoms with Gasteiger partial charge in [0.25, 0.3) is 0 Å². The second kappa shape index (κ2) is 14.2.